The zero-order valence-electron chi connectivity index (χ0n) is 16.8. The van der Waals surface area contributed by atoms with Crippen LogP contribution < -0.4 is 14.8 Å². The molecule has 0 saturated carbocycles. The first-order valence-electron chi connectivity index (χ1n) is 9.80. The molecule has 1 fully saturated rings. The minimum Gasteiger partial charge on any atom is -0.453 e. The summed E-state index contributed by atoms with van der Waals surface area (Å²) in [7, 11) is -3.71. The van der Waals surface area contributed by atoms with Crippen molar-refractivity contribution in [2.45, 2.75) is 17.2 Å². The molecule has 2 N–H and O–H groups in total. The molecule has 4 rings (SSSR count). The van der Waals surface area contributed by atoms with Crippen molar-refractivity contribution in [2.24, 2.45) is 5.14 Å². The maximum Gasteiger partial charge on any atom is 0.238 e. The molecule has 3 aromatic carbocycles. The summed E-state index contributed by atoms with van der Waals surface area (Å²) >= 11 is 9.82. The summed E-state index contributed by atoms with van der Waals surface area (Å²) in [5, 5.41) is 15.0. The van der Waals surface area contributed by atoms with E-state index in [4.69, 9.17) is 21.5 Å². The predicted octanol–water partition coefficient (Wildman–Crippen LogP) is 5.41. The second kappa shape index (κ2) is 9.12. The lowest BCUT2D eigenvalue weighted by Gasteiger charge is -2.19. The molecule has 1 heterocycles. The molecule has 1 atom stereocenters. The normalized spacial score (nSPS) is 16.1. The molecule has 0 bridgehead atoms. The van der Waals surface area contributed by atoms with Gasteiger partial charge in [0.05, 0.1) is 20.0 Å². The molecule has 164 valence electrons. The first-order valence-corrected chi connectivity index (χ1v) is 12.5. The van der Waals surface area contributed by atoms with Gasteiger partial charge in [-0.2, -0.15) is 5.26 Å². The van der Waals surface area contributed by atoms with Crippen LogP contribution in [0.2, 0.25) is 5.02 Å². The number of sulfonamides is 1. The van der Waals surface area contributed by atoms with E-state index < -0.39 is 10.0 Å². The van der Waals surface area contributed by atoms with E-state index in [1.165, 1.54) is 12.1 Å². The topological polar surface area (TPSA) is 96.4 Å². The summed E-state index contributed by atoms with van der Waals surface area (Å²) in [6, 6.07) is 19.7. The number of hydrogen-bond acceptors (Lipinski definition) is 5. The van der Waals surface area contributed by atoms with Crippen LogP contribution in [0.4, 0.5) is 5.69 Å². The number of rotatable bonds is 5. The largest absolute Gasteiger partial charge is 0.453 e. The Hall–Kier alpha value is -2.57. The number of halogens is 2. The van der Waals surface area contributed by atoms with Gasteiger partial charge in [-0.25, -0.2) is 13.6 Å². The number of nitrogens with two attached hydrogens (primary N) is 1. The van der Waals surface area contributed by atoms with E-state index in [1.54, 1.807) is 30.3 Å². The van der Waals surface area contributed by atoms with Crippen LogP contribution in [0.15, 0.2) is 70.0 Å². The number of ether oxygens (including phenoxy) is 1. The monoisotopic (exact) mass is 531 g/mol. The molecule has 0 aromatic heterocycles. The van der Waals surface area contributed by atoms with Crippen LogP contribution in [0.3, 0.4) is 0 Å². The second-order valence-electron chi connectivity index (χ2n) is 7.49. The molecule has 0 radical (unpaired) electrons. The fourth-order valence-electron chi connectivity index (χ4n) is 3.78. The van der Waals surface area contributed by atoms with Gasteiger partial charge in [0, 0.05) is 24.7 Å². The Morgan fingerprint density at radius 2 is 1.91 bits per heavy atom. The molecule has 9 heteroatoms. The molecular weight excluding hydrogens is 514 g/mol. The predicted molar refractivity (Wildman–Crippen MR) is 128 cm³/mol. The number of nitrogens with zero attached hydrogens (tertiary/aromatic N) is 2. The average molecular weight is 533 g/mol. The van der Waals surface area contributed by atoms with Crippen molar-refractivity contribution < 1.29 is 13.2 Å². The third-order valence-electron chi connectivity index (χ3n) is 5.44. The van der Waals surface area contributed by atoms with Gasteiger partial charge in [0.1, 0.15) is 11.8 Å². The molecule has 6 nitrogen and oxygen atoms in total. The fourth-order valence-corrected chi connectivity index (χ4v) is 4.89. The highest BCUT2D eigenvalue weighted by molar-refractivity contribution is 9.10. The zero-order chi connectivity index (χ0) is 22.9. The van der Waals surface area contributed by atoms with Crippen molar-refractivity contribution in [1.29, 1.82) is 5.26 Å². The third-order valence-corrected chi connectivity index (χ3v) is 7.31. The highest BCUT2D eigenvalue weighted by Crippen LogP contribution is 2.39. The van der Waals surface area contributed by atoms with Crippen molar-refractivity contribution >= 4 is 43.2 Å². The van der Waals surface area contributed by atoms with Crippen LogP contribution in [0.1, 0.15) is 23.5 Å². The number of benzene rings is 3. The van der Waals surface area contributed by atoms with Crippen LogP contribution in [-0.4, -0.2) is 21.5 Å². The van der Waals surface area contributed by atoms with Gasteiger partial charge in [0.2, 0.25) is 10.0 Å². The summed E-state index contributed by atoms with van der Waals surface area (Å²) < 4.78 is 29.7. The SMILES string of the molecule is N#Cc1cccc(Br)c1Oc1cc([C@H]2CCN(c3ccc(S(N)(=O)=O)cc3)C2)ccc1Cl. The number of hydrogen-bond donors (Lipinski definition) is 1. The smallest absolute Gasteiger partial charge is 0.238 e. The Bertz CT molecular complexity index is 1310. The maximum atomic E-state index is 11.5. The number of primary sulfonamides is 1. The molecule has 32 heavy (non-hydrogen) atoms. The Morgan fingerprint density at radius 1 is 1.16 bits per heavy atom. The van der Waals surface area contributed by atoms with Crippen molar-refractivity contribution in [3.8, 4) is 17.6 Å². The molecule has 1 aliphatic heterocycles. The minimum atomic E-state index is -3.71. The van der Waals surface area contributed by atoms with Crippen LogP contribution >= 0.6 is 27.5 Å². The van der Waals surface area contributed by atoms with E-state index in [0.717, 1.165) is 30.8 Å². The first-order chi connectivity index (χ1) is 15.3. The van der Waals surface area contributed by atoms with E-state index in [-0.39, 0.29) is 10.8 Å². The van der Waals surface area contributed by atoms with Gasteiger partial charge in [0.25, 0.3) is 0 Å². The highest BCUT2D eigenvalue weighted by atomic mass is 79.9. The lowest BCUT2D eigenvalue weighted by atomic mass is 9.98. The van der Waals surface area contributed by atoms with Crippen molar-refractivity contribution in [1.82, 2.24) is 0 Å². The number of nitriles is 1. The summed E-state index contributed by atoms with van der Waals surface area (Å²) in [6.07, 6.45) is 0.927. The van der Waals surface area contributed by atoms with Gasteiger partial charge in [-0.3, -0.25) is 0 Å². The van der Waals surface area contributed by atoms with Crippen LogP contribution in [0.25, 0.3) is 0 Å². The number of anilines is 1. The highest BCUT2D eigenvalue weighted by Gasteiger charge is 2.25. The van der Waals surface area contributed by atoms with E-state index in [9.17, 15) is 13.7 Å². The summed E-state index contributed by atoms with van der Waals surface area (Å²) in [5.74, 6) is 1.17. The molecule has 0 unspecified atom stereocenters. The van der Waals surface area contributed by atoms with Crippen molar-refractivity contribution in [3.63, 3.8) is 0 Å². The van der Waals surface area contributed by atoms with Crippen LogP contribution in [-0.2, 0) is 10.0 Å². The summed E-state index contributed by atoms with van der Waals surface area (Å²) in [4.78, 5) is 2.30. The van der Waals surface area contributed by atoms with Gasteiger partial charge < -0.3 is 9.64 Å². The second-order valence-corrected chi connectivity index (χ2v) is 10.3. The van der Waals surface area contributed by atoms with Gasteiger partial charge in [-0.1, -0.05) is 23.7 Å². The lowest BCUT2D eigenvalue weighted by molar-refractivity contribution is 0.477. The molecule has 0 amide bonds. The molecule has 1 saturated heterocycles. The molecular formula is C23H19BrClN3O3S. The Labute approximate surface area is 200 Å². The fraction of sp³-hybridized carbons (Fsp3) is 0.174. The van der Waals surface area contributed by atoms with Crippen molar-refractivity contribution in [2.75, 3.05) is 18.0 Å². The van der Waals surface area contributed by atoms with Gasteiger partial charge in [-0.15, -0.1) is 0 Å². The van der Waals surface area contributed by atoms with Crippen molar-refractivity contribution in [3.05, 3.63) is 81.3 Å². The molecule has 1 aliphatic rings. The summed E-state index contributed by atoms with van der Waals surface area (Å²) in [6.45, 7) is 1.61. The van der Waals surface area contributed by atoms with E-state index in [1.807, 2.05) is 18.2 Å². The Kier molecular flexibility index (Phi) is 6.45. The zero-order valence-corrected chi connectivity index (χ0v) is 20.0. The first kappa shape index (κ1) is 22.6. The third kappa shape index (κ3) is 4.76. The standard InChI is InChI=1S/C23H19BrClN3O3S/c24-20-3-1-2-16(13-26)23(20)31-22-12-15(4-9-21(22)25)17-10-11-28(14-17)18-5-7-19(8-6-18)32(27,29)30/h1-9,12,17H,10-11,14H2,(H2,27,29,30)/t17-/m0/s1. The Morgan fingerprint density at radius 3 is 2.59 bits per heavy atom. The van der Waals surface area contributed by atoms with E-state index in [2.05, 4.69) is 26.9 Å². The Balaban J connectivity index is 1.54. The summed E-state index contributed by atoms with van der Waals surface area (Å²) in [5.41, 5.74) is 2.44. The quantitative estimate of drug-likeness (QED) is 0.474. The molecule has 0 aliphatic carbocycles. The lowest BCUT2D eigenvalue weighted by Crippen LogP contribution is -2.19. The maximum absolute atomic E-state index is 11.5. The average Bonchev–Trinajstić information content (AvgIpc) is 3.26. The van der Waals surface area contributed by atoms with Crippen LogP contribution in [0.5, 0.6) is 11.5 Å². The van der Waals surface area contributed by atoms with E-state index in [0.29, 0.717) is 26.6 Å². The van der Waals surface area contributed by atoms with Gasteiger partial charge in [-0.05, 0) is 76.4 Å². The minimum absolute atomic E-state index is 0.0975. The van der Waals surface area contributed by atoms with Gasteiger partial charge in [0.15, 0.2) is 5.75 Å². The van der Waals surface area contributed by atoms with Crippen LogP contribution in [0, 0.1) is 11.3 Å². The van der Waals surface area contributed by atoms with Gasteiger partial charge >= 0.3 is 0 Å². The number of para-hydroxylation sites is 1. The molecule has 0 spiro atoms. The van der Waals surface area contributed by atoms with E-state index >= 15 is 0 Å². The molecule has 3 aromatic rings.